The number of nitrogens with two attached hydrogens (primary N) is 1. The summed E-state index contributed by atoms with van der Waals surface area (Å²) in [6.07, 6.45) is 1.67. The summed E-state index contributed by atoms with van der Waals surface area (Å²) in [5.74, 6) is 0.506. The minimum Gasteiger partial charge on any atom is -0.392 e. The van der Waals surface area contributed by atoms with Crippen molar-refractivity contribution in [2.45, 2.75) is 38.3 Å². The van der Waals surface area contributed by atoms with Gasteiger partial charge in [0.1, 0.15) is 0 Å². The van der Waals surface area contributed by atoms with Gasteiger partial charge in [0.2, 0.25) is 5.91 Å². The predicted octanol–water partition coefficient (Wildman–Crippen LogP) is 0.212. The Morgan fingerprint density at radius 2 is 2.10 bits per heavy atom. The number of β-amino-alcohol motifs (C(OH)–C–C–N with tert-alkyl or cyclic N) is 1. The Morgan fingerprint density at radius 3 is 2.55 bits per heavy atom. The van der Waals surface area contributed by atoms with E-state index >= 15 is 0 Å². The van der Waals surface area contributed by atoms with E-state index in [0.29, 0.717) is 23.9 Å². The van der Waals surface area contributed by atoms with Crippen LogP contribution in [-0.2, 0) is 4.79 Å². The van der Waals surface area contributed by atoms with Gasteiger partial charge < -0.3 is 20.6 Å². The lowest BCUT2D eigenvalue weighted by molar-refractivity contribution is -0.145. The topological polar surface area (TPSA) is 69.8 Å². The average Bonchev–Trinajstić information content (AvgIpc) is 2.63. The number of thiocarbonyl (C=S) groups is 1. The van der Waals surface area contributed by atoms with Crippen molar-refractivity contribution in [1.29, 1.82) is 0 Å². The van der Waals surface area contributed by atoms with Gasteiger partial charge in [-0.25, -0.2) is 0 Å². The molecule has 20 heavy (non-hydrogen) atoms. The third kappa shape index (κ3) is 2.69. The highest BCUT2D eigenvalue weighted by atomic mass is 32.1. The SMILES string of the molecule is CC1CC(C(=O)N2CC(O)CC2CN(C)C)(C(N)=S)C1. The first-order valence-electron chi connectivity index (χ1n) is 7.20. The van der Waals surface area contributed by atoms with E-state index in [1.807, 2.05) is 19.0 Å². The number of carbonyl (C=O) groups excluding carboxylic acids is 1. The Kier molecular flexibility index (Phi) is 4.37. The van der Waals surface area contributed by atoms with E-state index in [-0.39, 0.29) is 11.9 Å². The summed E-state index contributed by atoms with van der Waals surface area (Å²) in [7, 11) is 3.95. The van der Waals surface area contributed by atoms with Crippen molar-refractivity contribution in [3.8, 4) is 0 Å². The molecule has 0 aromatic heterocycles. The number of hydrogen-bond acceptors (Lipinski definition) is 4. The zero-order valence-electron chi connectivity index (χ0n) is 12.5. The van der Waals surface area contributed by atoms with Crippen LogP contribution in [0.4, 0.5) is 0 Å². The fraction of sp³-hybridized carbons (Fsp3) is 0.857. The summed E-state index contributed by atoms with van der Waals surface area (Å²) in [4.78, 5) is 17.1. The van der Waals surface area contributed by atoms with Crippen molar-refractivity contribution < 1.29 is 9.90 Å². The van der Waals surface area contributed by atoms with Crippen molar-refractivity contribution in [3.63, 3.8) is 0 Å². The number of rotatable bonds is 4. The molecule has 2 unspecified atom stereocenters. The van der Waals surface area contributed by atoms with E-state index in [9.17, 15) is 9.90 Å². The fourth-order valence-corrected chi connectivity index (χ4v) is 3.88. The van der Waals surface area contributed by atoms with Crippen molar-refractivity contribution in [2.75, 3.05) is 27.2 Å². The highest BCUT2D eigenvalue weighted by Crippen LogP contribution is 2.48. The molecule has 1 saturated heterocycles. The van der Waals surface area contributed by atoms with Crippen LogP contribution < -0.4 is 5.73 Å². The van der Waals surface area contributed by atoms with Gasteiger partial charge in [0, 0.05) is 19.1 Å². The van der Waals surface area contributed by atoms with Gasteiger partial charge in [-0.15, -0.1) is 0 Å². The van der Waals surface area contributed by atoms with Crippen LogP contribution in [0, 0.1) is 11.3 Å². The number of nitrogens with zero attached hydrogens (tertiary/aromatic N) is 2. The van der Waals surface area contributed by atoms with Crippen LogP contribution in [0.1, 0.15) is 26.2 Å². The van der Waals surface area contributed by atoms with Crippen LogP contribution in [0.2, 0.25) is 0 Å². The molecule has 1 aliphatic heterocycles. The maximum atomic E-state index is 12.9. The predicted molar refractivity (Wildman–Crippen MR) is 82.3 cm³/mol. The molecule has 2 fully saturated rings. The summed E-state index contributed by atoms with van der Waals surface area (Å²) in [6.45, 7) is 3.27. The standard InChI is InChI=1S/C14H25N3O2S/c1-9-5-14(6-9,12(15)20)13(19)17-8-11(18)4-10(17)7-16(2)3/h9-11,18H,4-8H2,1-3H3,(H2,15,20). The van der Waals surface area contributed by atoms with Gasteiger partial charge in [-0.1, -0.05) is 19.1 Å². The molecule has 0 bridgehead atoms. The molecule has 0 spiro atoms. The average molecular weight is 299 g/mol. The zero-order valence-corrected chi connectivity index (χ0v) is 13.3. The number of carbonyl (C=O) groups is 1. The number of hydrogen-bond donors (Lipinski definition) is 2. The summed E-state index contributed by atoms with van der Waals surface area (Å²) >= 11 is 5.16. The molecule has 1 aliphatic carbocycles. The Morgan fingerprint density at radius 1 is 1.50 bits per heavy atom. The highest BCUT2D eigenvalue weighted by Gasteiger charge is 2.54. The molecule has 2 aliphatic rings. The van der Waals surface area contributed by atoms with E-state index in [2.05, 4.69) is 6.92 Å². The lowest BCUT2D eigenvalue weighted by atomic mass is 9.61. The number of aliphatic hydroxyl groups is 1. The zero-order chi connectivity index (χ0) is 15.1. The van der Waals surface area contributed by atoms with E-state index < -0.39 is 11.5 Å². The quantitative estimate of drug-likeness (QED) is 0.726. The van der Waals surface area contributed by atoms with E-state index in [1.165, 1.54) is 0 Å². The molecular formula is C14H25N3O2S. The summed E-state index contributed by atoms with van der Waals surface area (Å²) < 4.78 is 0. The molecule has 1 saturated carbocycles. The first-order chi connectivity index (χ1) is 9.26. The Hall–Kier alpha value is -0.720. The van der Waals surface area contributed by atoms with Gasteiger partial charge in [-0.2, -0.15) is 0 Å². The van der Waals surface area contributed by atoms with Crippen molar-refractivity contribution in [2.24, 2.45) is 17.1 Å². The molecule has 0 aromatic carbocycles. The van der Waals surface area contributed by atoms with Crippen molar-refractivity contribution in [3.05, 3.63) is 0 Å². The maximum absolute atomic E-state index is 12.9. The van der Waals surface area contributed by atoms with Gasteiger partial charge >= 0.3 is 0 Å². The Balaban J connectivity index is 2.16. The summed E-state index contributed by atoms with van der Waals surface area (Å²) in [6, 6.07) is 0.0506. The lowest BCUT2D eigenvalue weighted by Crippen LogP contribution is -2.58. The van der Waals surface area contributed by atoms with Crippen LogP contribution in [0.3, 0.4) is 0 Å². The smallest absolute Gasteiger partial charge is 0.236 e. The van der Waals surface area contributed by atoms with Gasteiger partial charge in [0.05, 0.1) is 16.5 Å². The molecule has 0 aromatic rings. The van der Waals surface area contributed by atoms with Crippen LogP contribution in [-0.4, -0.2) is 65.1 Å². The maximum Gasteiger partial charge on any atom is 0.236 e. The molecular weight excluding hydrogens is 274 g/mol. The third-order valence-corrected chi connectivity index (χ3v) is 4.89. The number of likely N-dealkylation sites (tertiary alicyclic amines) is 1. The number of likely N-dealkylation sites (N-methyl/N-ethyl adjacent to an activating group) is 1. The first-order valence-corrected chi connectivity index (χ1v) is 7.61. The molecule has 0 radical (unpaired) electrons. The van der Waals surface area contributed by atoms with Crippen LogP contribution in [0.25, 0.3) is 0 Å². The Bertz CT molecular complexity index is 407. The van der Waals surface area contributed by atoms with Crippen LogP contribution >= 0.6 is 12.2 Å². The minimum absolute atomic E-state index is 0.0199. The molecule has 1 heterocycles. The summed E-state index contributed by atoms with van der Waals surface area (Å²) in [5.41, 5.74) is 5.19. The normalized spacial score (nSPS) is 37.0. The molecule has 3 N–H and O–H groups in total. The van der Waals surface area contributed by atoms with Gasteiger partial charge in [-0.05, 0) is 39.3 Å². The fourth-order valence-electron chi connectivity index (χ4n) is 3.62. The second-order valence-corrected chi connectivity index (χ2v) is 7.16. The van der Waals surface area contributed by atoms with Crippen molar-refractivity contribution in [1.82, 2.24) is 9.80 Å². The van der Waals surface area contributed by atoms with E-state index in [4.69, 9.17) is 18.0 Å². The molecule has 2 atom stereocenters. The Labute approximate surface area is 126 Å². The monoisotopic (exact) mass is 299 g/mol. The van der Waals surface area contributed by atoms with Crippen LogP contribution in [0.5, 0.6) is 0 Å². The van der Waals surface area contributed by atoms with E-state index in [1.54, 1.807) is 4.90 Å². The minimum atomic E-state index is -0.663. The van der Waals surface area contributed by atoms with Crippen molar-refractivity contribution >= 4 is 23.1 Å². The van der Waals surface area contributed by atoms with Gasteiger partial charge in [-0.3, -0.25) is 4.79 Å². The van der Waals surface area contributed by atoms with E-state index in [0.717, 1.165) is 19.4 Å². The molecule has 5 nitrogen and oxygen atoms in total. The molecule has 1 amide bonds. The number of amides is 1. The lowest BCUT2D eigenvalue weighted by Gasteiger charge is -2.47. The molecule has 2 rings (SSSR count). The highest BCUT2D eigenvalue weighted by molar-refractivity contribution is 7.80. The van der Waals surface area contributed by atoms with Gasteiger partial charge in [0.15, 0.2) is 0 Å². The second kappa shape index (κ2) is 5.58. The molecule has 114 valence electrons. The van der Waals surface area contributed by atoms with Gasteiger partial charge in [0.25, 0.3) is 0 Å². The first kappa shape index (κ1) is 15.7. The largest absolute Gasteiger partial charge is 0.392 e. The summed E-state index contributed by atoms with van der Waals surface area (Å²) in [5, 5.41) is 9.90. The third-order valence-electron chi connectivity index (χ3n) is 4.50. The second-order valence-electron chi connectivity index (χ2n) is 6.72. The molecule has 6 heteroatoms. The van der Waals surface area contributed by atoms with Crippen LogP contribution in [0.15, 0.2) is 0 Å². The number of aliphatic hydroxyl groups excluding tert-OH is 1.